The predicted molar refractivity (Wildman–Crippen MR) is 81.1 cm³/mol. The Bertz CT molecular complexity index is 389. The van der Waals surface area contributed by atoms with E-state index < -0.39 is 0 Å². The van der Waals surface area contributed by atoms with Gasteiger partial charge in [-0.3, -0.25) is 0 Å². The smallest absolute Gasteiger partial charge is 0.0954 e. The number of aryl methyl sites for hydroxylation is 1. The van der Waals surface area contributed by atoms with Gasteiger partial charge in [-0.15, -0.1) is 11.3 Å². The minimum Gasteiger partial charge on any atom is -0.384 e. The minimum atomic E-state index is 0.620. The Labute approximate surface area is 120 Å². The maximum absolute atomic E-state index is 5.15. The first-order valence-electron chi connectivity index (χ1n) is 7.38. The molecule has 2 rings (SSSR count). The van der Waals surface area contributed by atoms with Gasteiger partial charge < -0.3 is 10.1 Å². The van der Waals surface area contributed by atoms with Crippen LogP contribution in [-0.2, 0) is 17.6 Å². The molecule has 19 heavy (non-hydrogen) atoms. The Hall–Kier alpha value is -0.450. The second kappa shape index (κ2) is 7.36. The van der Waals surface area contributed by atoms with E-state index >= 15 is 0 Å². The molecular weight excluding hydrogens is 256 g/mol. The highest BCUT2D eigenvalue weighted by atomic mass is 32.1. The lowest BCUT2D eigenvalue weighted by molar-refractivity contribution is 0.202. The largest absolute Gasteiger partial charge is 0.384 e. The lowest BCUT2D eigenvalue weighted by atomic mass is 9.91. The van der Waals surface area contributed by atoms with E-state index in [0.717, 1.165) is 32.0 Å². The summed E-state index contributed by atoms with van der Waals surface area (Å²) in [5, 5.41) is 4.84. The maximum Gasteiger partial charge on any atom is 0.0954 e. The maximum atomic E-state index is 5.15. The fourth-order valence-electron chi connectivity index (χ4n) is 2.60. The third-order valence-corrected chi connectivity index (χ3v) is 4.77. The zero-order valence-electron chi connectivity index (χ0n) is 12.4. The molecule has 0 bridgehead atoms. The molecule has 0 fully saturated rings. The van der Waals surface area contributed by atoms with Crippen LogP contribution in [0.2, 0.25) is 0 Å². The summed E-state index contributed by atoms with van der Waals surface area (Å²) in [7, 11) is 1.76. The van der Waals surface area contributed by atoms with Gasteiger partial charge in [-0.05, 0) is 31.7 Å². The van der Waals surface area contributed by atoms with Crippen molar-refractivity contribution in [2.45, 2.75) is 45.4 Å². The molecule has 1 aromatic rings. The molecule has 1 aliphatic carbocycles. The van der Waals surface area contributed by atoms with Crippen molar-refractivity contribution >= 4 is 11.3 Å². The van der Waals surface area contributed by atoms with Gasteiger partial charge in [-0.2, -0.15) is 0 Å². The molecule has 0 radical (unpaired) electrons. The number of ether oxygens (including phenoxy) is 1. The molecule has 108 valence electrons. The SMILES string of the molecule is COCCc1nc2c(s1)CCCC2CNCC(C)C. The zero-order valence-corrected chi connectivity index (χ0v) is 13.2. The third-order valence-electron chi connectivity index (χ3n) is 3.58. The van der Waals surface area contributed by atoms with Crippen LogP contribution < -0.4 is 5.32 Å². The molecule has 1 atom stereocenters. The van der Waals surface area contributed by atoms with Gasteiger partial charge in [-0.1, -0.05) is 13.8 Å². The van der Waals surface area contributed by atoms with Crippen LogP contribution in [0.3, 0.4) is 0 Å². The molecule has 0 saturated carbocycles. The molecule has 0 aromatic carbocycles. The highest BCUT2D eigenvalue weighted by Crippen LogP contribution is 2.34. The van der Waals surface area contributed by atoms with Gasteiger partial charge >= 0.3 is 0 Å². The van der Waals surface area contributed by atoms with E-state index in [1.807, 2.05) is 11.3 Å². The van der Waals surface area contributed by atoms with Gasteiger partial charge in [0.25, 0.3) is 0 Å². The van der Waals surface area contributed by atoms with Gasteiger partial charge in [0, 0.05) is 30.9 Å². The van der Waals surface area contributed by atoms with Crippen molar-refractivity contribution < 1.29 is 4.74 Å². The normalized spacial score (nSPS) is 18.8. The summed E-state index contributed by atoms with van der Waals surface area (Å²) in [6.07, 6.45) is 4.78. The first-order chi connectivity index (χ1) is 9.20. The number of aromatic nitrogens is 1. The van der Waals surface area contributed by atoms with Gasteiger partial charge in [0.1, 0.15) is 0 Å². The van der Waals surface area contributed by atoms with E-state index in [9.17, 15) is 0 Å². The molecule has 0 spiro atoms. The van der Waals surface area contributed by atoms with E-state index in [4.69, 9.17) is 9.72 Å². The number of fused-ring (bicyclic) bond motifs is 1. The molecule has 1 heterocycles. The third kappa shape index (κ3) is 4.26. The predicted octanol–water partition coefficient (Wildman–Crippen LogP) is 3.00. The summed E-state index contributed by atoms with van der Waals surface area (Å²) < 4.78 is 5.15. The monoisotopic (exact) mass is 282 g/mol. The number of hydrogen-bond donors (Lipinski definition) is 1. The number of rotatable bonds is 7. The lowest BCUT2D eigenvalue weighted by Gasteiger charge is -2.22. The molecule has 1 aromatic heterocycles. The van der Waals surface area contributed by atoms with Crippen LogP contribution in [0.4, 0.5) is 0 Å². The van der Waals surface area contributed by atoms with Crippen LogP contribution in [0.25, 0.3) is 0 Å². The van der Waals surface area contributed by atoms with Gasteiger partial charge in [-0.25, -0.2) is 4.98 Å². The van der Waals surface area contributed by atoms with Crippen molar-refractivity contribution in [2.75, 3.05) is 26.8 Å². The van der Waals surface area contributed by atoms with Gasteiger partial charge in [0.15, 0.2) is 0 Å². The summed E-state index contributed by atoms with van der Waals surface area (Å²) in [4.78, 5) is 6.39. The summed E-state index contributed by atoms with van der Waals surface area (Å²) in [5.41, 5.74) is 1.37. The van der Waals surface area contributed by atoms with E-state index in [-0.39, 0.29) is 0 Å². The van der Waals surface area contributed by atoms with Crippen LogP contribution in [0.1, 0.15) is 48.2 Å². The Morgan fingerprint density at radius 1 is 1.47 bits per heavy atom. The number of nitrogens with one attached hydrogen (secondary N) is 1. The molecule has 3 nitrogen and oxygen atoms in total. The van der Waals surface area contributed by atoms with Crippen molar-refractivity contribution in [3.05, 3.63) is 15.6 Å². The molecule has 1 unspecified atom stereocenters. The number of hydrogen-bond acceptors (Lipinski definition) is 4. The summed E-state index contributed by atoms with van der Waals surface area (Å²) in [6.45, 7) is 7.48. The quantitative estimate of drug-likeness (QED) is 0.835. The van der Waals surface area contributed by atoms with E-state index in [1.54, 1.807) is 7.11 Å². The Morgan fingerprint density at radius 2 is 2.32 bits per heavy atom. The fourth-order valence-corrected chi connectivity index (χ4v) is 3.78. The minimum absolute atomic E-state index is 0.620. The number of thiazole rings is 1. The van der Waals surface area contributed by atoms with Crippen LogP contribution in [0.5, 0.6) is 0 Å². The van der Waals surface area contributed by atoms with E-state index in [2.05, 4.69) is 19.2 Å². The van der Waals surface area contributed by atoms with Crippen molar-refractivity contribution in [1.82, 2.24) is 10.3 Å². The Kier molecular flexibility index (Phi) is 5.79. The summed E-state index contributed by atoms with van der Waals surface area (Å²) >= 11 is 1.90. The van der Waals surface area contributed by atoms with Crippen LogP contribution in [-0.4, -0.2) is 31.8 Å². The first-order valence-corrected chi connectivity index (χ1v) is 8.20. The van der Waals surface area contributed by atoms with Crippen LogP contribution in [0, 0.1) is 5.92 Å². The van der Waals surface area contributed by atoms with Crippen molar-refractivity contribution in [3.63, 3.8) is 0 Å². The van der Waals surface area contributed by atoms with Gasteiger partial charge in [0.05, 0.1) is 17.3 Å². The van der Waals surface area contributed by atoms with E-state index in [0.29, 0.717) is 5.92 Å². The molecule has 1 aliphatic rings. The van der Waals surface area contributed by atoms with E-state index in [1.165, 1.54) is 34.8 Å². The molecule has 0 aliphatic heterocycles. The van der Waals surface area contributed by atoms with Gasteiger partial charge in [0.2, 0.25) is 0 Å². The second-order valence-corrected chi connectivity index (χ2v) is 6.97. The number of methoxy groups -OCH3 is 1. The molecule has 4 heteroatoms. The summed E-state index contributed by atoms with van der Waals surface area (Å²) in [6, 6.07) is 0. The Balaban J connectivity index is 1.95. The molecular formula is C15H26N2OS. The topological polar surface area (TPSA) is 34.1 Å². The van der Waals surface area contributed by atoms with Crippen molar-refractivity contribution in [1.29, 1.82) is 0 Å². The fraction of sp³-hybridized carbons (Fsp3) is 0.800. The highest BCUT2D eigenvalue weighted by molar-refractivity contribution is 7.11. The Morgan fingerprint density at radius 3 is 3.05 bits per heavy atom. The first kappa shape index (κ1) is 14.9. The van der Waals surface area contributed by atoms with Crippen molar-refractivity contribution in [2.24, 2.45) is 5.92 Å². The standard InChI is InChI=1S/C15H26N2OS/c1-11(2)9-16-10-12-5-4-6-13-15(12)17-14(19-13)7-8-18-3/h11-12,16H,4-10H2,1-3H3. The lowest BCUT2D eigenvalue weighted by Crippen LogP contribution is -2.27. The zero-order chi connectivity index (χ0) is 13.7. The van der Waals surface area contributed by atoms with Crippen LogP contribution in [0.15, 0.2) is 0 Å². The molecule has 0 saturated heterocycles. The van der Waals surface area contributed by atoms with Crippen molar-refractivity contribution in [3.8, 4) is 0 Å². The average molecular weight is 282 g/mol. The molecule has 0 amide bonds. The van der Waals surface area contributed by atoms with Crippen LogP contribution >= 0.6 is 11.3 Å². The second-order valence-electron chi connectivity index (χ2n) is 5.80. The highest BCUT2D eigenvalue weighted by Gasteiger charge is 2.24. The summed E-state index contributed by atoms with van der Waals surface area (Å²) in [5.74, 6) is 1.34. The number of nitrogens with zero attached hydrogens (tertiary/aromatic N) is 1. The average Bonchev–Trinajstić information content (AvgIpc) is 2.79. The molecule has 1 N–H and O–H groups in total.